The Morgan fingerprint density at radius 2 is 1.77 bits per heavy atom. The van der Waals surface area contributed by atoms with E-state index >= 15 is 0 Å². The number of carbonyl (C=O) groups is 1. The van der Waals surface area contributed by atoms with Gasteiger partial charge in [-0.2, -0.15) is 0 Å². The molecule has 0 unspecified atom stereocenters. The van der Waals surface area contributed by atoms with Gasteiger partial charge in [-0.3, -0.25) is 9.59 Å². The van der Waals surface area contributed by atoms with E-state index in [1.807, 2.05) is 22.8 Å². The van der Waals surface area contributed by atoms with Crippen LogP contribution in [0.1, 0.15) is 57.1 Å². The summed E-state index contributed by atoms with van der Waals surface area (Å²) < 4.78 is 2.05. The summed E-state index contributed by atoms with van der Waals surface area (Å²) >= 11 is 0. The van der Waals surface area contributed by atoms with Gasteiger partial charge in [0, 0.05) is 62.0 Å². The number of nitrogens with one attached hydrogen (secondary N) is 1. The molecule has 1 aromatic carbocycles. The molecule has 5 heteroatoms. The molecule has 2 atom stereocenters. The Labute approximate surface area is 184 Å². The highest BCUT2D eigenvalue weighted by Crippen LogP contribution is 2.40. The van der Waals surface area contributed by atoms with Crippen LogP contribution in [0.25, 0.3) is 11.1 Å². The molecule has 31 heavy (non-hydrogen) atoms. The van der Waals surface area contributed by atoms with Crippen LogP contribution in [0, 0.1) is 11.8 Å². The van der Waals surface area contributed by atoms with Gasteiger partial charge in [-0.25, -0.2) is 0 Å². The second-order valence-corrected chi connectivity index (χ2v) is 9.86. The maximum absolute atomic E-state index is 12.8. The Kier molecular flexibility index (Phi) is 5.70. The number of hydrogen-bond donors (Lipinski definition) is 1. The SMILES string of the molecule is CC(=O)Nc1ccc(-c2ccc(=O)n3c2[C@@H]2C[C@@H](CN(CC4CCCCC4)C2)C3)cc1. The summed E-state index contributed by atoms with van der Waals surface area (Å²) in [6, 6.07) is 11.7. The topological polar surface area (TPSA) is 54.3 Å². The van der Waals surface area contributed by atoms with Crippen molar-refractivity contribution in [2.75, 3.05) is 25.0 Å². The molecule has 1 amide bonds. The first-order valence-electron chi connectivity index (χ1n) is 11.9. The van der Waals surface area contributed by atoms with E-state index < -0.39 is 0 Å². The number of anilines is 1. The Morgan fingerprint density at radius 3 is 2.52 bits per heavy atom. The first-order chi connectivity index (χ1) is 15.1. The maximum Gasteiger partial charge on any atom is 0.250 e. The summed E-state index contributed by atoms with van der Waals surface area (Å²) in [6.07, 6.45) is 8.13. The highest BCUT2D eigenvalue weighted by Gasteiger charge is 2.36. The summed E-state index contributed by atoms with van der Waals surface area (Å²) in [5, 5.41) is 2.83. The van der Waals surface area contributed by atoms with Gasteiger partial charge in [0.1, 0.15) is 0 Å². The zero-order chi connectivity index (χ0) is 21.4. The second kappa shape index (κ2) is 8.62. The number of likely N-dealkylation sites (tertiary alicyclic amines) is 1. The van der Waals surface area contributed by atoms with E-state index in [-0.39, 0.29) is 11.5 Å². The molecule has 1 saturated carbocycles. The first kappa shape index (κ1) is 20.5. The number of fused-ring (bicyclic) bond motifs is 4. The number of pyridine rings is 1. The fourth-order valence-corrected chi connectivity index (χ4v) is 6.18. The number of benzene rings is 1. The molecule has 1 aromatic heterocycles. The van der Waals surface area contributed by atoms with E-state index in [1.54, 1.807) is 6.07 Å². The standard InChI is InChI=1S/C26H33N3O2/c1-18(30)27-23-9-7-21(8-10-23)24-11-12-25(31)29-16-20-13-22(26(24)29)17-28(15-20)14-19-5-3-2-4-6-19/h7-12,19-20,22H,2-6,13-17H2,1H3,(H,27,30)/t20-,22+/m0/s1. The molecule has 1 N–H and O–H groups in total. The fraction of sp³-hybridized carbons (Fsp3) is 0.538. The number of piperidine rings is 1. The van der Waals surface area contributed by atoms with E-state index in [0.717, 1.165) is 42.4 Å². The lowest BCUT2D eigenvalue weighted by molar-refractivity contribution is -0.114. The average Bonchev–Trinajstić information content (AvgIpc) is 2.75. The lowest BCUT2D eigenvalue weighted by Crippen LogP contribution is -2.48. The quantitative estimate of drug-likeness (QED) is 0.795. The molecule has 3 heterocycles. The predicted molar refractivity (Wildman–Crippen MR) is 124 cm³/mol. The van der Waals surface area contributed by atoms with Gasteiger partial charge in [0.2, 0.25) is 5.91 Å². The Hall–Kier alpha value is -2.40. The van der Waals surface area contributed by atoms with Crippen molar-refractivity contribution in [1.29, 1.82) is 0 Å². The molecular weight excluding hydrogens is 386 g/mol. The van der Waals surface area contributed by atoms with E-state index in [2.05, 4.69) is 22.3 Å². The van der Waals surface area contributed by atoms with E-state index in [4.69, 9.17) is 0 Å². The van der Waals surface area contributed by atoms with Crippen molar-refractivity contribution in [3.8, 4) is 11.1 Å². The van der Waals surface area contributed by atoms with Crippen molar-refractivity contribution in [3.05, 3.63) is 52.4 Å². The van der Waals surface area contributed by atoms with Crippen LogP contribution in [0.2, 0.25) is 0 Å². The van der Waals surface area contributed by atoms with E-state index in [0.29, 0.717) is 11.8 Å². The maximum atomic E-state index is 12.8. The van der Waals surface area contributed by atoms with Crippen molar-refractivity contribution in [2.45, 2.75) is 57.9 Å². The minimum atomic E-state index is -0.0669. The van der Waals surface area contributed by atoms with Gasteiger partial charge in [-0.05, 0) is 54.9 Å². The Bertz CT molecular complexity index is 1000. The van der Waals surface area contributed by atoms with Gasteiger partial charge in [0.05, 0.1) is 0 Å². The minimum absolute atomic E-state index is 0.0669. The number of rotatable bonds is 4. The molecule has 2 fully saturated rings. The molecule has 0 radical (unpaired) electrons. The Balaban J connectivity index is 1.43. The number of nitrogens with zero attached hydrogens (tertiary/aromatic N) is 2. The van der Waals surface area contributed by atoms with Gasteiger partial charge < -0.3 is 14.8 Å². The molecule has 0 spiro atoms. The summed E-state index contributed by atoms with van der Waals surface area (Å²) in [5.41, 5.74) is 4.42. The van der Waals surface area contributed by atoms with Gasteiger partial charge in [0.15, 0.2) is 0 Å². The number of aromatic nitrogens is 1. The summed E-state index contributed by atoms with van der Waals surface area (Å²) in [6.45, 7) is 5.78. The molecule has 2 aromatic rings. The molecule has 164 valence electrons. The predicted octanol–water partition coefficient (Wildman–Crippen LogP) is 4.47. The van der Waals surface area contributed by atoms with E-state index in [9.17, 15) is 9.59 Å². The molecule has 2 aliphatic heterocycles. The third kappa shape index (κ3) is 4.33. The third-order valence-corrected chi connectivity index (χ3v) is 7.42. The average molecular weight is 420 g/mol. The van der Waals surface area contributed by atoms with E-state index in [1.165, 1.54) is 57.7 Å². The van der Waals surface area contributed by atoms with Gasteiger partial charge in [0.25, 0.3) is 5.56 Å². The zero-order valence-corrected chi connectivity index (χ0v) is 18.5. The number of hydrogen-bond acceptors (Lipinski definition) is 3. The lowest BCUT2D eigenvalue weighted by Gasteiger charge is -2.44. The molecule has 5 rings (SSSR count). The van der Waals surface area contributed by atoms with Crippen LogP contribution in [0.15, 0.2) is 41.2 Å². The highest BCUT2D eigenvalue weighted by molar-refractivity contribution is 5.89. The fourth-order valence-electron chi connectivity index (χ4n) is 6.18. The lowest BCUT2D eigenvalue weighted by atomic mass is 9.79. The van der Waals surface area contributed by atoms with Crippen molar-refractivity contribution in [3.63, 3.8) is 0 Å². The van der Waals surface area contributed by atoms with Crippen molar-refractivity contribution in [1.82, 2.24) is 9.47 Å². The molecule has 1 saturated heterocycles. The van der Waals surface area contributed by atoms with Crippen molar-refractivity contribution >= 4 is 11.6 Å². The number of amides is 1. The smallest absolute Gasteiger partial charge is 0.250 e. The van der Waals surface area contributed by atoms with Crippen LogP contribution in [-0.2, 0) is 11.3 Å². The first-order valence-corrected chi connectivity index (χ1v) is 11.9. The summed E-state index contributed by atoms with van der Waals surface area (Å²) in [7, 11) is 0. The van der Waals surface area contributed by atoms with Crippen LogP contribution in [0.5, 0.6) is 0 Å². The number of carbonyl (C=O) groups excluding carboxylic acids is 1. The normalized spacial score (nSPS) is 23.9. The van der Waals surface area contributed by atoms with Crippen LogP contribution in [-0.4, -0.2) is 35.0 Å². The van der Waals surface area contributed by atoms with Crippen LogP contribution in [0.3, 0.4) is 0 Å². The zero-order valence-electron chi connectivity index (χ0n) is 18.5. The largest absolute Gasteiger partial charge is 0.326 e. The van der Waals surface area contributed by atoms with Gasteiger partial charge in [-0.1, -0.05) is 31.4 Å². The molecule has 1 aliphatic carbocycles. The summed E-state index contributed by atoms with van der Waals surface area (Å²) in [4.78, 5) is 26.8. The monoisotopic (exact) mass is 419 g/mol. The highest BCUT2D eigenvalue weighted by atomic mass is 16.1. The van der Waals surface area contributed by atoms with Crippen LogP contribution >= 0.6 is 0 Å². The van der Waals surface area contributed by atoms with Crippen LogP contribution < -0.4 is 10.9 Å². The van der Waals surface area contributed by atoms with Crippen LogP contribution in [0.4, 0.5) is 5.69 Å². The van der Waals surface area contributed by atoms with Gasteiger partial charge in [-0.15, -0.1) is 0 Å². The molecule has 2 bridgehead atoms. The van der Waals surface area contributed by atoms with Gasteiger partial charge >= 0.3 is 0 Å². The molecule has 3 aliphatic rings. The molecular formula is C26H33N3O2. The second-order valence-electron chi connectivity index (χ2n) is 9.86. The third-order valence-electron chi connectivity index (χ3n) is 7.42. The Morgan fingerprint density at radius 1 is 1.00 bits per heavy atom. The minimum Gasteiger partial charge on any atom is -0.326 e. The van der Waals surface area contributed by atoms with Crippen molar-refractivity contribution < 1.29 is 4.79 Å². The van der Waals surface area contributed by atoms with Crippen molar-refractivity contribution in [2.24, 2.45) is 11.8 Å². The summed E-state index contributed by atoms with van der Waals surface area (Å²) in [5.74, 6) is 1.77. The molecule has 5 nitrogen and oxygen atoms in total.